The van der Waals surface area contributed by atoms with E-state index < -0.39 is 5.82 Å². The third kappa shape index (κ3) is 6.09. The van der Waals surface area contributed by atoms with Gasteiger partial charge in [0.05, 0.1) is 48.6 Å². The van der Waals surface area contributed by atoms with Gasteiger partial charge >= 0.3 is 5.97 Å². The van der Waals surface area contributed by atoms with E-state index in [-0.39, 0.29) is 35.7 Å². The van der Waals surface area contributed by atoms with Gasteiger partial charge in [-0.1, -0.05) is 11.8 Å². The number of hydrogen-bond acceptors (Lipinski definition) is 9. The number of pyridine rings is 1. The first-order valence-corrected chi connectivity index (χ1v) is 13.1. The lowest BCUT2D eigenvalue weighted by molar-refractivity contribution is -0.143. The predicted molar refractivity (Wildman–Crippen MR) is 136 cm³/mol. The van der Waals surface area contributed by atoms with E-state index >= 15 is 4.39 Å². The van der Waals surface area contributed by atoms with E-state index in [1.165, 1.54) is 23.5 Å². The van der Waals surface area contributed by atoms with E-state index in [4.69, 9.17) is 18.9 Å². The van der Waals surface area contributed by atoms with Crippen LogP contribution in [0.2, 0.25) is 0 Å². The minimum absolute atomic E-state index is 0.000252. The lowest BCUT2D eigenvalue weighted by atomic mass is 10.2. The zero-order chi connectivity index (χ0) is 24.8. The molecule has 186 valence electrons. The van der Waals surface area contributed by atoms with Gasteiger partial charge in [0, 0.05) is 17.7 Å². The summed E-state index contributed by atoms with van der Waals surface area (Å²) in [5.41, 5.74) is 1.21. The molecule has 1 aliphatic rings. The number of carbonyl (C=O) groups excluding carboxylic acids is 1. The molecule has 1 unspecified atom stereocenters. The van der Waals surface area contributed by atoms with Crippen molar-refractivity contribution in [3.63, 3.8) is 0 Å². The average Bonchev–Trinajstić information content (AvgIpc) is 3.49. The highest BCUT2D eigenvalue weighted by Gasteiger charge is 2.26. The fourth-order valence-corrected chi connectivity index (χ4v) is 4.94. The number of ether oxygens (including phenoxy) is 4. The highest BCUT2D eigenvalue weighted by Crippen LogP contribution is 2.39. The first-order valence-electron chi connectivity index (χ1n) is 11.0. The van der Waals surface area contributed by atoms with E-state index in [0.29, 0.717) is 36.4 Å². The number of H-pyrrole nitrogens is 1. The molecule has 1 aliphatic heterocycles. The summed E-state index contributed by atoms with van der Waals surface area (Å²) in [5, 5.41) is 2.29. The molecule has 3 aromatic rings. The Balaban J connectivity index is 1.62. The standard InChI is InChI=1S/C24H26FN3O5S2/c1-4-31-20(29)11-16-13-27-24(35-16)17-9-14-10-18(33-15-5-6-19(34-3)26-12-15)21(25)23(22(14)28-17)32-8-7-30-2/h5-6,9-10,12,16,28H,4,7-8,11,13H2,1-3H3. The number of rotatable bonds is 11. The maximum absolute atomic E-state index is 15.5. The number of fused-ring (bicyclic) bond motifs is 1. The van der Waals surface area contributed by atoms with E-state index in [9.17, 15) is 4.79 Å². The molecule has 0 spiro atoms. The number of benzene rings is 1. The molecule has 35 heavy (non-hydrogen) atoms. The molecule has 11 heteroatoms. The number of aliphatic imine (C=N–C) groups is 1. The molecule has 1 aromatic carbocycles. The molecule has 0 amide bonds. The van der Waals surface area contributed by atoms with Crippen LogP contribution < -0.4 is 9.47 Å². The highest BCUT2D eigenvalue weighted by atomic mass is 32.2. The molecule has 1 atom stereocenters. The number of thioether (sulfide) groups is 2. The Labute approximate surface area is 211 Å². The number of esters is 1. The Morgan fingerprint density at radius 1 is 1.31 bits per heavy atom. The Hall–Kier alpha value is -2.76. The van der Waals surface area contributed by atoms with E-state index in [2.05, 4.69) is 15.0 Å². The van der Waals surface area contributed by atoms with Crippen molar-refractivity contribution in [1.29, 1.82) is 0 Å². The molecule has 0 saturated heterocycles. The van der Waals surface area contributed by atoms with E-state index in [1.807, 2.05) is 18.4 Å². The lowest BCUT2D eigenvalue weighted by Gasteiger charge is -2.12. The summed E-state index contributed by atoms with van der Waals surface area (Å²) in [6, 6.07) is 7.04. The van der Waals surface area contributed by atoms with Crippen molar-refractivity contribution in [1.82, 2.24) is 9.97 Å². The molecule has 3 heterocycles. The number of aromatic amines is 1. The van der Waals surface area contributed by atoms with Crippen molar-refractivity contribution in [3.8, 4) is 17.2 Å². The van der Waals surface area contributed by atoms with Gasteiger partial charge in [-0.2, -0.15) is 4.39 Å². The van der Waals surface area contributed by atoms with Crippen LogP contribution in [0.25, 0.3) is 10.9 Å². The zero-order valence-electron chi connectivity index (χ0n) is 19.6. The number of nitrogens with zero attached hydrogens (tertiary/aromatic N) is 2. The van der Waals surface area contributed by atoms with Crippen molar-refractivity contribution in [2.75, 3.05) is 39.7 Å². The van der Waals surface area contributed by atoms with Crippen LogP contribution in [0.5, 0.6) is 17.2 Å². The molecule has 1 N–H and O–H groups in total. The highest BCUT2D eigenvalue weighted by molar-refractivity contribution is 8.15. The first kappa shape index (κ1) is 25.3. The van der Waals surface area contributed by atoms with Crippen LogP contribution in [0, 0.1) is 5.82 Å². The summed E-state index contributed by atoms with van der Waals surface area (Å²) in [6.07, 6.45) is 3.76. The third-order valence-electron chi connectivity index (χ3n) is 5.10. The van der Waals surface area contributed by atoms with Gasteiger partial charge in [0.1, 0.15) is 17.4 Å². The second kappa shape index (κ2) is 11.8. The Morgan fingerprint density at radius 2 is 2.17 bits per heavy atom. The summed E-state index contributed by atoms with van der Waals surface area (Å²) in [7, 11) is 1.55. The van der Waals surface area contributed by atoms with Crippen molar-refractivity contribution >= 4 is 45.4 Å². The van der Waals surface area contributed by atoms with E-state index in [0.717, 1.165) is 15.8 Å². The molecular weight excluding hydrogens is 493 g/mol. The van der Waals surface area contributed by atoms with Crippen LogP contribution in [0.4, 0.5) is 4.39 Å². The van der Waals surface area contributed by atoms with Crippen LogP contribution in [0.15, 0.2) is 40.5 Å². The summed E-state index contributed by atoms with van der Waals surface area (Å²) >= 11 is 3.00. The van der Waals surface area contributed by atoms with Gasteiger partial charge < -0.3 is 23.9 Å². The van der Waals surface area contributed by atoms with Gasteiger partial charge in [0.25, 0.3) is 0 Å². The maximum atomic E-state index is 15.5. The molecule has 0 radical (unpaired) electrons. The van der Waals surface area contributed by atoms with Crippen molar-refractivity contribution in [3.05, 3.63) is 42.0 Å². The summed E-state index contributed by atoms with van der Waals surface area (Å²) < 4.78 is 37.2. The molecule has 8 nitrogen and oxygen atoms in total. The molecule has 0 bridgehead atoms. The largest absolute Gasteiger partial charge is 0.486 e. The molecule has 0 saturated carbocycles. The lowest BCUT2D eigenvalue weighted by Crippen LogP contribution is -2.14. The Kier molecular flexibility index (Phi) is 8.53. The Morgan fingerprint density at radius 3 is 2.89 bits per heavy atom. The van der Waals surface area contributed by atoms with Crippen LogP contribution in [-0.2, 0) is 14.3 Å². The number of halogens is 1. The molecular formula is C24H26FN3O5S2. The second-order valence-electron chi connectivity index (χ2n) is 7.54. The van der Waals surface area contributed by atoms with Gasteiger partial charge in [0.2, 0.25) is 5.82 Å². The monoisotopic (exact) mass is 519 g/mol. The molecule has 2 aromatic heterocycles. The topological polar surface area (TPSA) is 95.0 Å². The molecule has 4 rings (SSSR count). The van der Waals surface area contributed by atoms with Gasteiger partial charge in [-0.3, -0.25) is 9.79 Å². The molecule has 0 fully saturated rings. The number of hydrogen-bond donors (Lipinski definition) is 1. The van der Waals surface area contributed by atoms with E-state index in [1.54, 1.807) is 32.4 Å². The maximum Gasteiger partial charge on any atom is 0.306 e. The molecule has 0 aliphatic carbocycles. The number of nitrogens with one attached hydrogen (secondary N) is 1. The van der Waals surface area contributed by atoms with Crippen molar-refractivity contribution in [2.45, 2.75) is 23.6 Å². The average molecular weight is 520 g/mol. The van der Waals surface area contributed by atoms with Gasteiger partial charge in [-0.05, 0) is 37.4 Å². The van der Waals surface area contributed by atoms with Gasteiger partial charge in [0.15, 0.2) is 11.5 Å². The predicted octanol–water partition coefficient (Wildman–Crippen LogP) is 5.06. The smallest absolute Gasteiger partial charge is 0.306 e. The van der Waals surface area contributed by atoms with Crippen molar-refractivity contribution in [2.24, 2.45) is 4.99 Å². The van der Waals surface area contributed by atoms with Crippen LogP contribution in [0.3, 0.4) is 0 Å². The third-order valence-corrected chi connectivity index (χ3v) is 6.99. The van der Waals surface area contributed by atoms with Gasteiger partial charge in [-0.25, -0.2) is 4.98 Å². The minimum atomic E-state index is -0.628. The van der Waals surface area contributed by atoms with Crippen LogP contribution in [0.1, 0.15) is 19.0 Å². The van der Waals surface area contributed by atoms with Crippen LogP contribution >= 0.6 is 23.5 Å². The van der Waals surface area contributed by atoms with Crippen molar-refractivity contribution < 1.29 is 28.1 Å². The second-order valence-corrected chi connectivity index (χ2v) is 9.66. The fourth-order valence-electron chi connectivity index (χ4n) is 3.50. The summed E-state index contributed by atoms with van der Waals surface area (Å²) in [5.74, 6) is -0.387. The normalized spacial score (nSPS) is 15.3. The summed E-state index contributed by atoms with van der Waals surface area (Å²) in [4.78, 5) is 23.9. The summed E-state index contributed by atoms with van der Waals surface area (Å²) in [6.45, 7) is 3.11. The first-order chi connectivity index (χ1) is 17.0. The number of methoxy groups -OCH3 is 1. The number of aromatic nitrogens is 2. The van der Waals surface area contributed by atoms with Gasteiger partial charge in [-0.15, -0.1) is 11.8 Å². The quantitative estimate of drug-likeness (QED) is 0.214. The minimum Gasteiger partial charge on any atom is -0.486 e. The fraction of sp³-hybridized carbons (Fsp3) is 0.375. The Bertz CT molecular complexity index is 1220. The van der Waals surface area contributed by atoms with Crippen LogP contribution in [-0.4, -0.2) is 66.0 Å². The SMILES string of the molecule is CCOC(=O)CC1CN=C(c2cc3cc(Oc4ccc(SC)nc4)c(F)c(OCCOC)c3[nH]2)S1. The zero-order valence-corrected chi connectivity index (χ0v) is 21.3. The number of carbonyl (C=O) groups is 1.